The molecule has 1 unspecified atom stereocenters. The number of aliphatic hydroxyl groups is 1. The molecule has 0 spiro atoms. The summed E-state index contributed by atoms with van der Waals surface area (Å²) >= 11 is 0. The molecule has 0 fully saturated rings. The van der Waals surface area contributed by atoms with Crippen LogP contribution in [0, 0.1) is 12.7 Å². The lowest BCUT2D eigenvalue weighted by molar-refractivity contribution is 0.184. The summed E-state index contributed by atoms with van der Waals surface area (Å²) in [5, 5.41) is 14.0. The molecule has 1 aromatic carbocycles. The average Bonchev–Trinajstić information content (AvgIpc) is 2.23. The van der Waals surface area contributed by atoms with Crippen molar-refractivity contribution < 1.29 is 14.3 Å². The molecule has 5 heteroatoms. The van der Waals surface area contributed by atoms with Crippen molar-refractivity contribution in [3.05, 3.63) is 29.6 Å². The molecule has 0 radical (unpaired) electrons. The second-order valence-electron chi connectivity index (χ2n) is 4.00. The van der Waals surface area contributed by atoms with Crippen LogP contribution in [0.25, 0.3) is 0 Å². The van der Waals surface area contributed by atoms with Gasteiger partial charge in [0.1, 0.15) is 5.82 Å². The SMILES string of the molecule is Cc1ccc(F)c(NC(=O)NCCC(C)O)c1. The van der Waals surface area contributed by atoms with Gasteiger partial charge in [0.05, 0.1) is 11.8 Å². The van der Waals surface area contributed by atoms with Crippen LogP contribution in [0.4, 0.5) is 14.9 Å². The summed E-state index contributed by atoms with van der Waals surface area (Å²) in [7, 11) is 0. The van der Waals surface area contributed by atoms with Crippen LogP contribution in [0.3, 0.4) is 0 Å². The van der Waals surface area contributed by atoms with Crippen LogP contribution in [0.15, 0.2) is 18.2 Å². The highest BCUT2D eigenvalue weighted by molar-refractivity contribution is 5.89. The Bertz CT molecular complexity index is 394. The fraction of sp³-hybridized carbons (Fsp3) is 0.417. The molecular formula is C12H17FN2O2. The molecule has 1 rings (SSSR count). The molecule has 0 aliphatic carbocycles. The predicted octanol–water partition coefficient (Wildman–Crippen LogP) is 2.03. The van der Waals surface area contributed by atoms with Gasteiger partial charge in [0.2, 0.25) is 0 Å². The van der Waals surface area contributed by atoms with E-state index < -0.39 is 18.0 Å². The summed E-state index contributed by atoms with van der Waals surface area (Å²) in [5.74, 6) is -0.471. The van der Waals surface area contributed by atoms with Gasteiger partial charge in [-0.3, -0.25) is 0 Å². The summed E-state index contributed by atoms with van der Waals surface area (Å²) in [6.45, 7) is 3.80. The molecule has 2 amide bonds. The average molecular weight is 240 g/mol. The lowest BCUT2D eigenvalue weighted by Crippen LogP contribution is -2.31. The van der Waals surface area contributed by atoms with E-state index in [0.29, 0.717) is 13.0 Å². The first-order chi connectivity index (χ1) is 7.99. The Labute approximate surface area is 99.8 Å². The van der Waals surface area contributed by atoms with Gasteiger partial charge in [-0.2, -0.15) is 0 Å². The van der Waals surface area contributed by atoms with Gasteiger partial charge in [0.15, 0.2) is 0 Å². The zero-order valence-electron chi connectivity index (χ0n) is 9.96. The molecular weight excluding hydrogens is 223 g/mol. The maximum Gasteiger partial charge on any atom is 0.319 e. The second-order valence-corrected chi connectivity index (χ2v) is 4.00. The van der Waals surface area contributed by atoms with Crippen molar-refractivity contribution in [3.63, 3.8) is 0 Å². The van der Waals surface area contributed by atoms with E-state index >= 15 is 0 Å². The highest BCUT2D eigenvalue weighted by Gasteiger charge is 2.06. The summed E-state index contributed by atoms with van der Waals surface area (Å²) in [4.78, 5) is 11.4. The van der Waals surface area contributed by atoms with Gasteiger partial charge < -0.3 is 15.7 Å². The standard InChI is InChI=1S/C12H17FN2O2/c1-8-3-4-10(13)11(7-8)15-12(17)14-6-5-9(2)16/h3-4,7,9,16H,5-6H2,1-2H3,(H2,14,15,17). The molecule has 0 aromatic heterocycles. The molecule has 0 aliphatic rings. The topological polar surface area (TPSA) is 61.4 Å². The highest BCUT2D eigenvalue weighted by Crippen LogP contribution is 2.15. The van der Waals surface area contributed by atoms with Crippen molar-refractivity contribution in [3.8, 4) is 0 Å². The van der Waals surface area contributed by atoms with E-state index in [0.717, 1.165) is 5.56 Å². The Morgan fingerprint density at radius 1 is 1.53 bits per heavy atom. The van der Waals surface area contributed by atoms with Crippen molar-refractivity contribution in [1.29, 1.82) is 0 Å². The van der Waals surface area contributed by atoms with Gasteiger partial charge in [-0.15, -0.1) is 0 Å². The third-order valence-corrected chi connectivity index (χ3v) is 2.22. The first kappa shape index (κ1) is 13.4. The molecule has 0 aliphatic heterocycles. The van der Waals surface area contributed by atoms with E-state index in [1.165, 1.54) is 6.07 Å². The van der Waals surface area contributed by atoms with E-state index in [-0.39, 0.29) is 5.69 Å². The Hall–Kier alpha value is -1.62. The summed E-state index contributed by atoms with van der Waals surface area (Å²) in [6, 6.07) is 4.02. The molecule has 3 N–H and O–H groups in total. The lowest BCUT2D eigenvalue weighted by atomic mass is 10.2. The Balaban J connectivity index is 2.47. The molecule has 94 valence electrons. The molecule has 0 bridgehead atoms. The zero-order chi connectivity index (χ0) is 12.8. The first-order valence-corrected chi connectivity index (χ1v) is 5.48. The molecule has 17 heavy (non-hydrogen) atoms. The van der Waals surface area contributed by atoms with Gasteiger partial charge >= 0.3 is 6.03 Å². The van der Waals surface area contributed by atoms with Crippen LogP contribution in [0.2, 0.25) is 0 Å². The normalized spacial score (nSPS) is 12.0. The van der Waals surface area contributed by atoms with Gasteiger partial charge in [0, 0.05) is 6.54 Å². The van der Waals surface area contributed by atoms with Gasteiger partial charge in [-0.05, 0) is 38.0 Å². The number of amides is 2. The summed E-state index contributed by atoms with van der Waals surface area (Å²) in [6.07, 6.45) is -0.00464. The smallest absolute Gasteiger partial charge is 0.319 e. The summed E-state index contributed by atoms with van der Waals surface area (Å²) < 4.78 is 13.3. The number of rotatable bonds is 4. The number of urea groups is 1. The highest BCUT2D eigenvalue weighted by atomic mass is 19.1. The first-order valence-electron chi connectivity index (χ1n) is 5.48. The van der Waals surface area contributed by atoms with Gasteiger partial charge in [-0.1, -0.05) is 6.07 Å². The van der Waals surface area contributed by atoms with Crippen molar-refractivity contribution >= 4 is 11.7 Å². The number of hydrogen-bond acceptors (Lipinski definition) is 2. The maximum absolute atomic E-state index is 13.3. The molecule has 1 atom stereocenters. The number of halogens is 1. The van der Waals surface area contributed by atoms with Crippen LogP contribution in [0.5, 0.6) is 0 Å². The van der Waals surface area contributed by atoms with E-state index in [4.69, 9.17) is 5.11 Å². The minimum Gasteiger partial charge on any atom is -0.393 e. The number of hydrogen-bond donors (Lipinski definition) is 3. The van der Waals surface area contributed by atoms with Crippen LogP contribution in [-0.2, 0) is 0 Å². The van der Waals surface area contributed by atoms with Crippen LogP contribution >= 0.6 is 0 Å². The van der Waals surface area contributed by atoms with Gasteiger partial charge in [-0.25, -0.2) is 9.18 Å². The monoisotopic (exact) mass is 240 g/mol. The maximum atomic E-state index is 13.3. The molecule has 4 nitrogen and oxygen atoms in total. The number of nitrogens with one attached hydrogen (secondary N) is 2. The Kier molecular flexibility index (Phi) is 4.90. The minimum absolute atomic E-state index is 0.152. The number of aliphatic hydroxyl groups excluding tert-OH is 1. The van der Waals surface area contributed by atoms with Crippen molar-refractivity contribution in [1.82, 2.24) is 5.32 Å². The zero-order valence-corrected chi connectivity index (χ0v) is 9.96. The van der Waals surface area contributed by atoms with Crippen molar-refractivity contribution in [2.45, 2.75) is 26.4 Å². The number of anilines is 1. The fourth-order valence-corrected chi connectivity index (χ4v) is 1.30. The number of aryl methyl sites for hydroxylation is 1. The third kappa shape index (κ3) is 4.82. The largest absolute Gasteiger partial charge is 0.393 e. The van der Waals surface area contributed by atoms with Crippen LogP contribution < -0.4 is 10.6 Å². The van der Waals surface area contributed by atoms with Crippen LogP contribution in [-0.4, -0.2) is 23.8 Å². The van der Waals surface area contributed by atoms with E-state index in [9.17, 15) is 9.18 Å². The van der Waals surface area contributed by atoms with Gasteiger partial charge in [0.25, 0.3) is 0 Å². The molecule has 1 aromatic rings. The summed E-state index contributed by atoms with van der Waals surface area (Å²) in [5.41, 5.74) is 1.02. The number of carbonyl (C=O) groups is 1. The van der Waals surface area contributed by atoms with Crippen molar-refractivity contribution in [2.24, 2.45) is 0 Å². The number of carbonyl (C=O) groups excluding carboxylic acids is 1. The van der Waals surface area contributed by atoms with E-state index in [1.54, 1.807) is 19.1 Å². The molecule has 0 heterocycles. The van der Waals surface area contributed by atoms with E-state index in [2.05, 4.69) is 10.6 Å². The minimum atomic E-state index is -0.477. The second kappa shape index (κ2) is 6.20. The Morgan fingerprint density at radius 2 is 2.24 bits per heavy atom. The number of benzene rings is 1. The Morgan fingerprint density at radius 3 is 2.88 bits per heavy atom. The lowest BCUT2D eigenvalue weighted by Gasteiger charge is -2.09. The van der Waals surface area contributed by atoms with E-state index in [1.807, 2.05) is 6.92 Å². The fourth-order valence-electron chi connectivity index (χ4n) is 1.30. The van der Waals surface area contributed by atoms with Crippen molar-refractivity contribution in [2.75, 3.05) is 11.9 Å². The molecule has 0 saturated heterocycles. The quantitative estimate of drug-likeness (QED) is 0.754. The third-order valence-electron chi connectivity index (χ3n) is 2.22. The van der Waals surface area contributed by atoms with Crippen LogP contribution in [0.1, 0.15) is 18.9 Å². The molecule has 0 saturated carbocycles. The predicted molar refractivity (Wildman–Crippen MR) is 64.5 cm³/mol.